The highest BCUT2D eigenvalue weighted by molar-refractivity contribution is 5.91. The summed E-state index contributed by atoms with van der Waals surface area (Å²) < 4.78 is 0. The highest BCUT2D eigenvalue weighted by Crippen LogP contribution is 2.14. The van der Waals surface area contributed by atoms with Gasteiger partial charge < -0.3 is 10.8 Å². The molecule has 0 spiro atoms. The van der Waals surface area contributed by atoms with Gasteiger partial charge in [0.15, 0.2) is 0 Å². The third-order valence-electron chi connectivity index (χ3n) is 2.21. The first-order chi connectivity index (χ1) is 7.52. The van der Waals surface area contributed by atoms with Crippen molar-refractivity contribution in [3.63, 3.8) is 0 Å². The lowest BCUT2D eigenvalue weighted by Gasteiger charge is -2.22. The summed E-state index contributed by atoms with van der Waals surface area (Å²) in [5.74, 6) is -1.62. The number of anilines is 1. The van der Waals surface area contributed by atoms with Crippen LogP contribution in [0.2, 0.25) is 0 Å². The monoisotopic (exact) mass is 222 g/mol. The predicted molar refractivity (Wildman–Crippen MR) is 60.2 cm³/mol. The maximum atomic E-state index is 11.2. The Morgan fingerprint density at radius 2 is 1.94 bits per heavy atom. The van der Waals surface area contributed by atoms with E-state index in [9.17, 15) is 9.59 Å². The zero-order chi connectivity index (χ0) is 12.1. The van der Waals surface area contributed by atoms with Gasteiger partial charge in [-0.2, -0.15) is 0 Å². The van der Waals surface area contributed by atoms with Gasteiger partial charge >= 0.3 is 12.0 Å². The molecular weight excluding hydrogens is 208 g/mol. The topological polar surface area (TPSA) is 83.6 Å². The molecule has 0 aliphatic heterocycles. The Kier molecular flexibility index (Phi) is 3.88. The molecule has 0 heterocycles. The van der Waals surface area contributed by atoms with Gasteiger partial charge in [0.1, 0.15) is 0 Å². The second-order valence-corrected chi connectivity index (χ2v) is 3.52. The summed E-state index contributed by atoms with van der Waals surface area (Å²) in [4.78, 5) is 23.2. The number of amides is 2. The standard InChI is InChI=1S/C11H14N2O3/c1-8(10(14)15)7-13(11(12)16)9-5-3-2-4-6-9/h2-6,8H,7H2,1H3,(H2,12,16)(H,14,15). The Bertz CT molecular complexity index is 378. The van der Waals surface area contributed by atoms with Crippen molar-refractivity contribution in [2.24, 2.45) is 11.7 Å². The van der Waals surface area contributed by atoms with Crippen molar-refractivity contribution in [2.45, 2.75) is 6.92 Å². The Morgan fingerprint density at radius 3 is 2.38 bits per heavy atom. The van der Waals surface area contributed by atoms with Crippen molar-refractivity contribution in [1.82, 2.24) is 0 Å². The van der Waals surface area contributed by atoms with Crippen LogP contribution >= 0.6 is 0 Å². The largest absolute Gasteiger partial charge is 0.481 e. The summed E-state index contributed by atoms with van der Waals surface area (Å²) in [7, 11) is 0. The van der Waals surface area contributed by atoms with Crippen LogP contribution in [0.1, 0.15) is 6.92 Å². The third kappa shape index (κ3) is 2.98. The van der Waals surface area contributed by atoms with Crippen molar-refractivity contribution < 1.29 is 14.7 Å². The number of urea groups is 1. The molecule has 1 atom stereocenters. The molecule has 0 fully saturated rings. The zero-order valence-electron chi connectivity index (χ0n) is 8.96. The summed E-state index contributed by atoms with van der Waals surface area (Å²) in [6.45, 7) is 1.59. The van der Waals surface area contributed by atoms with E-state index in [-0.39, 0.29) is 6.54 Å². The van der Waals surface area contributed by atoms with Gasteiger partial charge in [-0.05, 0) is 12.1 Å². The SMILES string of the molecule is CC(CN(C(N)=O)c1ccccc1)C(=O)O. The number of nitrogens with zero attached hydrogens (tertiary/aromatic N) is 1. The molecular formula is C11H14N2O3. The molecule has 0 saturated heterocycles. The molecule has 5 heteroatoms. The smallest absolute Gasteiger partial charge is 0.319 e. The van der Waals surface area contributed by atoms with Gasteiger partial charge in [0.2, 0.25) is 0 Å². The summed E-state index contributed by atoms with van der Waals surface area (Å²) in [5, 5.41) is 8.78. The summed E-state index contributed by atoms with van der Waals surface area (Å²) in [6, 6.07) is 8.09. The first-order valence-electron chi connectivity index (χ1n) is 4.87. The fourth-order valence-electron chi connectivity index (χ4n) is 1.28. The number of primary amides is 1. The van der Waals surface area contributed by atoms with Gasteiger partial charge in [0.05, 0.1) is 5.92 Å². The Balaban J connectivity index is 2.85. The van der Waals surface area contributed by atoms with Crippen molar-refractivity contribution in [1.29, 1.82) is 0 Å². The number of rotatable bonds is 4. The van der Waals surface area contributed by atoms with E-state index in [2.05, 4.69) is 0 Å². The van der Waals surface area contributed by atoms with E-state index in [1.54, 1.807) is 24.3 Å². The lowest BCUT2D eigenvalue weighted by molar-refractivity contribution is -0.140. The van der Waals surface area contributed by atoms with Crippen molar-refractivity contribution in [3.05, 3.63) is 30.3 Å². The van der Waals surface area contributed by atoms with Crippen LogP contribution in [-0.4, -0.2) is 23.7 Å². The average molecular weight is 222 g/mol. The van der Waals surface area contributed by atoms with Crippen molar-refractivity contribution in [2.75, 3.05) is 11.4 Å². The summed E-state index contributed by atoms with van der Waals surface area (Å²) in [6.07, 6.45) is 0. The number of aliphatic carboxylic acids is 1. The number of benzene rings is 1. The molecule has 3 N–H and O–H groups in total. The van der Waals surface area contributed by atoms with Crippen molar-refractivity contribution in [3.8, 4) is 0 Å². The molecule has 0 aliphatic rings. The number of hydrogen-bond acceptors (Lipinski definition) is 2. The quantitative estimate of drug-likeness (QED) is 0.805. The fraction of sp³-hybridized carbons (Fsp3) is 0.273. The van der Waals surface area contributed by atoms with Gasteiger partial charge in [-0.1, -0.05) is 25.1 Å². The molecule has 0 saturated carbocycles. The van der Waals surface area contributed by atoms with E-state index in [4.69, 9.17) is 10.8 Å². The van der Waals surface area contributed by atoms with E-state index >= 15 is 0 Å². The molecule has 0 aliphatic carbocycles. The second kappa shape index (κ2) is 5.16. The first-order valence-corrected chi connectivity index (χ1v) is 4.87. The van der Waals surface area contributed by atoms with Crippen LogP contribution in [0.25, 0.3) is 0 Å². The molecule has 1 aromatic rings. The number of nitrogens with two attached hydrogens (primary N) is 1. The Labute approximate surface area is 93.5 Å². The summed E-state index contributed by atoms with van der Waals surface area (Å²) >= 11 is 0. The third-order valence-corrected chi connectivity index (χ3v) is 2.21. The maximum Gasteiger partial charge on any atom is 0.319 e. The van der Waals surface area contributed by atoms with Gasteiger partial charge in [0.25, 0.3) is 0 Å². The molecule has 5 nitrogen and oxygen atoms in total. The predicted octanol–water partition coefficient (Wildman–Crippen LogP) is 1.29. The van der Waals surface area contributed by atoms with Crippen LogP contribution in [-0.2, 0) is 4.79 Å². The number of carbonyl (C=O) groups excluding carboxylic acids is 1. The van der Waals surface area contributed by atoms with Crippen LogP contribution < -0.4 is 10.6 Å². The Morgan fingerprint density at radius 1 is 1.38 bits per heavy atom. The second-order valence-electron chi connectivity index (χ2n) is 3.52. The van der Waals surface area contributed by atoms with E-state index in [0.29, 0.717) is 5.69 Å². The minimum Gasteiger partial charge on any atom is -0.481 e. The minimum atomic E-state index is -0.956. The zero-order valence-corrected chi connectivity index (χ0v) is 8.96. The Hall–Kier alpha value is -2.04. The fourth-order valence-corrected chi connectivity index (χ4v) is 1.28. The van der Waals surface area contributed by atoms with Crippen LogP contribution in [0.5, 0.6) is 0 Å². The number of carboxylic acids is 1. The summed E-state index contributed by atoms with van der Waals surface area (Å²) in [5.41, 5.74) is 5.81. The molecule has 0 radical (unpaired) electrons. The number of carboxylic acid groups (broad SMARTS) is 1. The number of hydrogen-bond donors (Lipinski definition) is 2. The molecule has 2 amide bonds. The molecule has 0 bridgehead atoms. The highest BCUT2D eigenvalue weighted by atomic mass is 16.4. The molecule has 1 aromatic carbocycles. The van der Waals surface area contributed by atoms with Gasteiger partial charge in [0, 0.05) is 12.2 Å². The van der Waals surface area contributed by atoms with Crippen molar-refractivity contribution >= 4 is 17.7 Å². The van der Waals surface area contributed by atoms with E-state index < -0.39 is 17.9 Å². The van der Waals surface area contributed by atoms with E-state index in [1.807, 2.05) is 6.07 Å². The molecule has 1 unspecified atom stereocenters. The number of para-hydroxylation sites is 1. The average Bonchev–Trinajstić information content (AvgIpc) is 2.26. The maximum absolute atomic E-state index is 11.2. The highest BCUT2D eigenvalue weighted by Gasteiger charge is 2.19. The molecule has 16 heavy (non-hydrogen) atoms. The first kappa shape index (κ1) is 12.0. The van der Waals surface area contributed by atoms with Crippen LogP contribution in [0.15, 0.2) is 30.3 Å². The normalized spacial score (nSPS) is 11.8. The van der Waals surface area contributed by atoms with Gasteiger partial charge in [-0.3, -0.25) is 9.69 Å². The van der Waals surface area contributed by atoms with Gasteiger partial charge in [-0.15, -0.1) is 0 Å². The lowest BCUT2D eigenvalue weighted by atomic mass is 10.1. The number of carbonyl (C=O) groups is 2. The van der Waals surface area contributed by atoms with E-state index in [1.165, 1.54) is 11.8 Å². The van der Waals surface area contributed by atoms with Crippen LogP contribution in [0.4, 0.5) is 10.5 Å². The van der Waals surface area contributed by atoms with Crippen LogP contribution in [0, 0.1) is 5.92 Å². The molecule has 86 valence electrons. The van der Waals surface area contributed by atoms with Crippen LogP contribution in [0.3, 0.4) is 0 Å². The molecule has 0 aromatic heterocycles. The van der Waals surface area contributed by atoms with E-state index in [0.717, 1.165) is 0 Å². The lowest BCUT2D eigenvalue weighted by Crippen LogP contribution is -2.40. The molecule has 1 rings (SSSR count). The minimum absolute atomic E-state index is 0.0642. The van der Waals surface area contributed by atoms with Gasteiger partial charge in [-0.25, -0.2) is 4.79 Å².